The molecule has 0 bridgehead atoms. The first kappa shape index (κ1) is 22.2. The predicted molar refractivity (Wildman–Crippen MR) is 132 cm³/mol. The Morgan fingerprint density at radius 1 is 1.06 bits per heavy atom. The lowest BCUT2D eigenvalue weighted by Crippen LogP contribution is -2.52. The standard InChI is InChI=1S/C29H48N2/c1-18(2)20-13-16-31-27(20)17-19(3)22-10-11-23-21-8-9-25-26(30)7-6-14-28(25,4)24(21)12-15-29(22,23)5/h6-8,18-20,22-27,31H,9-17,30H2,1-5H3. The lowest BCUT2D eigenvalue weighted by molar-refractivity contribution is 0.00677. The summed E-state index contributed by atoms with van der Waals surface area (Å²) in [6.07, 6.45) is 18.3. The molecule has 0 spiro atoms. The van der Waals surface area contributed by atoms with Crippen LogP contribution in [0.3, 0.4) is 0 Å². The molecular formula is C29H48N2. The number of hydrogen-bond acceptors (Lipinski definition) is 2. The number of allylic oxidation sites excluding steroid dienone is 3. The van der Waals surface area contributed by atoms with Crippen molar-refractivity contribution in [2.24, 2.45) is 58.0 Å². The predicted octanol–water partition coefficient (Wildman–Crippen LogP) is 6.33. The van der Waals surface area contributed by atoms with E-state index in [1.165, 1.54) is 57.9 Å². The zero-order valence-electron chi connectivity index (χ0n) is 20.9. The molecule has 1 aliphatic heterocycles. The van der Waals surface area contributed by atoms with E-state index in [2.05, 4.69) is 58.2 Å². The molecule has 2 saturated carbocycles. The molecule has 1 saturated heterocycles. The fourth-order valence-corrected chi connectivity index (χ4v) is 9.67. The number of rotatable bonds is 4. The lowest BCUT2D eigenvalue weighted by atomic mass is 9.48. The van der Waals surface area contributed by atoms with Crippen LogP contribution in [-0.2, 0) is 0 Å². The highest BCUT2D eigenvalue weighted by Gasteiger charge is 2.58. The molecule has 3 fully saturated rings. The quantitative estimate of drug-likeness (QED) is 0.518. The molecule has 3 N–H and O–H groups in total. The Morgan fingerprint density at radius 2 is 1.84 bits per heavy atom. The maximum absolute atomic E-state index is 6.58. The van der Waals surface area contributed by atoms with Crippen molar-refractivity contribution in [2.45, 2.75) is 98.1 Å². The van der Waals surface area contributed by atoms with Gasteiger partial charge in [0.1, 0.15) is 0 Å². The van der Waals surface area contributed by atoms with Gasteiger partial charge >= 0.3 is 0 Å². The molecule has 0 amide bonds. The molecule has 0 aromatic rings. The molecule has 1 heterocycles. The minimum Gasteiger partial charge on any atom is -0.324 e. The smallest absolute Gasteiger partial charge is 0.0261 e. The Labute approximate surface area is 191 Å². The molecule has 10 atom stereocenters. The molecule has 2 nitrogen and oxygen atoms in total. The van der Waals surface area contributed by atoms with E-state index in [0.717, 1.165) is 41.5 Å². The minimum absolute atomic E-state index is 0.258. The molecule has 0 aromatic heterocycles. The summed E-state index contributed by atoms with van der Waals surface area (Å²) < 4.78 is 0. The van der Waals surface area contributed by atoms with Gasteiger partial charge in [-0.2, -0.15) is 0 Å². The second-order valence-corrected chi connectivity index (χ2v) is 13.1. The Morgan fingerprint density at radius 3 is 2.61 bits per heavy atom. The first-order chi connectivity index (χ1) is 14.8. The highest BCUT2D eigenvalue weighted by Crippen LogP contribution is 2.66. The third-order valence-corrected chi connectivity index (χ3v) is 11.4. The van der Waals surface area contributed by atoms with Crippen LogP contribution in [0.25, 0.3) is 0 Å². The van der Waals surface area contributed by atoms with E-state index in [1.807, 2.05) is 5.57 Å². The Bertz CT molecular complexity index is 737. The van der Waals surface area contributed by atoms with Crippen molar-refractivity contribution in [1.29, 1.82) is 0 Å². The number of fused-ring (bicyclic) bond motifs is 5. The highest BCUT2D eigenvalue weighted by molar-refractivity contribution is 5.30. The highest BCUT2D eigenvalue weighted by atomic mass is 15.0. The summed E-state index contributed by atoms with van der Waals surface area (Å²) in [6.45, 7) is 14.0. The Balaban J connectivity index is 1.34. The first-order valence-electron chi connectivity index (χ1n) is 13.6. The van der Waals surface area contributed by atoms with Crippen molar-refractivity contribution in [1.82, 2.24) is 5.32 Å². The fourth-order valence-electron chi connectivity index (χ4n) is 9.67. The van der Waals surface area contributed by atoms with Crippen LogP contribution in [0, 0.1) is 52.3 Å². The molecule has 31 heavy (non-hydrogen) atoms. The average molecular weight is 425 g/mol. The van der Waals surface area contributed by atoms with Crippen molar-refractivity contribution in [3.63, 3.8) is 0 Å². The van der Waals surface area contributed by atoms with Gasteiger partial charge in [0.2, 0.25) is 0 Å². The third-order valence-electron chi connectivity index (χ3n) is 11.4. The van der Waals surface area contributed by atoms with Crippen LogP contribution >= 0.6 is 0 Å². The normalized spacial score (nSPS) is 50.0. The van der Waals surface area contributed by atoms with Gasteiger partial charge in [-0.3, -0.25) is 0 Å². The average Bonchev–Trinajstić information content (AvgIpc) is 3.31. The van der Waals surface area contributed by atoms with Crippen molar-refractivity contribution >= 4 is 0 Å². The van der Waals surface area contributed by atoms with Gasteiger partial charge in [0.25, 0.3) is 0 Å². The van der Waals surface area contributed by atoms with E-state index < -0.39 is 0 Å². The van der Waals surface area contributed by atoms with Crippen LogP contribution in [0.5, 0.6) is 0 Å². The SMILES string of the molecule is CC(C)C1CCNC1CC(C)C1CCC2C3=CCC4C(N)C=CCC4(C)C3CCC21C. The molecule has 4 aliphatic carbocycles. The van der Waals surface area contributed by atoms with Gasteiger partial charge in [0.15, 0.2) is 0 Å². The molecule has 5 aliphatic rings. The summed E-state index contributed by atoms with van der Waals surface area (Å²) >= 11 is 0. The van der Waals surface area contributed by atoms with Gasteiger partial charge in [-0.25, -0.2) is 0 Å². The van der Waals surface area contributed by atoms with Gasteiger partial charge in [0, 0.05) is 12.1 Å². The van der Waals surface area contributed by atoms with E-state index in [1.54, 1.807) is 0 Å². The maximum Gasteiger partial charge on any atom is 0.0261 e. The van der Waals surface area contributed by atoms with Crippen molar-refractivity contribution in [3.05, 3.63) is 23.8 Å². The summed E-state index contributed by atoms with van der Waals surface area (Å²) in [4.78, 5) is 0. The number of nitrogens with one attached hydrogen (secondary N) is 1. The van der Waals surface area contributed by atoms with Crippen LogP contribution in [0.1, 0.15) is 86.0 Å². The summed E-state index contributed by atoms with van der Waals surface area (Å²) in [5, 5.41) is 3.88. The zero-order valence-corrected chi connectivity index (χ0v) is 20.9. The van der Waals surface area contributed by atoms with Crippen LogP contribution < -0.4 is 11.1 Å². The third kappa shape index (κ3) is 3.41. The molecule has 10 unspecified atom stereocenters. The molecule has 5 rings (SSSR count). The van der Waals surface area contributed by atoms with E-state index >= 15 is 0 Å². The Hall–Kier alpha value is -0.600. The first-order valence-corrected chi connectivity index (χ1v) is 13.6. The van der Waals surface area contributed by atoms with E-state index in [0.29, 0.717) is 16.7 Å². The van der Waals surface area contributed by atoms with Gasteiger partial charge < -0.3 is 11.1 Å². The number of hydrogen-bond donors (Lipinski definition) is 2. The molecular weight excluding hydrogens is 376 g/mol. The van der Waals surface area contributed by atoms with Gasteiger partial charge in [0.05, 0.1) is 0 Å². The van der Waals surface area contributed by atoms with Crippen LogP contribution in [0.2, 0.25) is 0 Å². The van der Waals surface area contributed by atoms with Crippen LogP contribution in [0.15, 0.2) is 23.8 Å². The minimum atomic E-state index is 0.258. The van der Waals surface area contributed by atoms with Crippen molar-refractivity contribution in [3.8, 4) is 0 Å². The molecule has 0 aromatic carbocycles. The largest absolute Gasteiger partial charge is 0.324 e. The van der Waals surface area contributed by atoms with E-state index in [4.69, 9.17) is 5.73 Å². The number of nitrogens with two attached hydrogens (primary N) is 1. The topological polar surface area (TPSA) is 38.0 Å². The van der Waals surface area contributed by atoms with Crippen LogP contribution in [-0.4, -0.2) is 18.6 Å². The van der Waals surface area contributed by atoms with Gasteiger partial charge in [-0.1, -0.05) is 58.4 Å². The van der Waals surface area contributed by atoms with Gasteiger partial charge in [-0.05, 0) is 110 Å². The monoisotopic (exact) mass is 424 g/mol. The Kier molecular flexibility index (Phi) is 5.74. The summed E-state index contributed by atoms with van der Waals surface area (Å²) in [7, 11) is 0. The van der Waals surface area contributed by atoms with Gasteiger partial charge in [-0.15, -0.1) is 0 Å². The van der Waals surface area contributed by atoms with E-state index in [9.17, 15) is 0 Å². The second kappa shape index (κ2) is 8.01. The van der Waals surface area contributed by atoms with Crippen molar-refractivity contribution in [2.75, 3.05) is 6.54 Å². The fraction of sp³-hybridized carbons (Fsp3) is 0.862. The molecule has 2 heteroatoms. The summed E-state index contributed by atoms with van der Waals surface area (Å²) in [5.74, 6) is 5.67. The van der Waals surface area contributed by atoms with Crippen molar-refractivity contribution < 1.29 is 0 Å². The molecule has 174 valence electrons. The van der Waals surface area contributed by atoms with Crippen LogP contribution in [0.4, 0.5) is 0 Å². The summed E-state index contributed by atoms with van der Waals surface area (Å²) in [6, 6.07) is 1.01. The summed E-state index contributed by atoms with van der Waals surface area (Å²) in [5.41, 5.74) is 9.35. The van der Waals surface area contributed by atoms with E-state index in [-0.39, 0.29) is 6.04 Å². The molecule has 0 radical (unpaired) electrons. The zero-order chi connectivity index (χ0) is 22.0. The lowest BCUT2D eigenvalue weighted by Gasteiger charge is -2.57. The maximum atomic E-state index is 6.58. The second-order valence-electron chi connectivity index (χ2n) is 13.1.